The van der Waals surface area contributed by atoms with Gasteiger partial charge in [-0.15, -0.1) is 0 Å². The zero-order valence-corrected chi connectivity index (χ0v) is 15.7. The van der Waals surface area contributed by atoms with Gasteiger partial charge < -0.3 is 22.1 Å². The van der Waals surface area contributed by atoms with Crippen LogP contribution >= 0.6 is 15.9 Å². The summed E-state index contributed by atoms with van der Waals surface area (Å²) in [4.78, 5) is 19.7. The second-order valence-corrected chi connectivity index (χ2v) is 7.86. The van der Waals surface area contributed by atoms with E-state index in [2.05, 4.69) is 36.5 Å². The van der Waals surface area contributed by atoms with Crippen molar-refractivity contribution in [3.63, 3.8) is 0 Å². The van der Waals surface area contributed by atoms with Crippen molar-refractivity contribution < 1.29 is 13.2 Å². The summed E-state index contributed by atoms with van der Waals surface area (Å²) in [7, 11) is -3.52. The second-order valence-electron chi connectivity index (χ2n) is 5.08. The topological polar surface area (TPSA) is 153 Å². The van der Waals surface area contributed by atoms with Crippen LogP contribution in [-0.4, -0.2) is 43.6 Å². The molecule has 9 nitrogen and oxygen atoms in total. The van der Waals surface area contributed by atoms with Gasteiger partial charge in [0.25, 0.3) is 5.91 Å². The maximum absolute atomic E-state index is 11.8. The first kappa shape index (κ1) is 19.1. The van der Waals surface area contributed by atoms with E-state index in [1.807, 2.05) is 0 Å². The second kappa shape index (κ2) is 7.76. The van der Waals surface area contributed by atoms with E-state index < -0.39 is 15.7 Å². The van der Waals surface area contributed by atoms with Crippen molar-refractivity contribution in [2.75, 3.05) is 30.0 Å². The monoisotopic (exact) mass is 428 g/mol. The molecule has 0 saturated heterocycles. The molecule has 1 amide bonds. The molecular weight excluding hydrogens is 412 g/mol. The normalized spacial score (nSPS) is 11.2. The van der Waals surface area contributed by atoms with Crippen molar-refractivity contribution >= 4 is 49.0 Å². The van der Waals surface area contributed by atoms with Gasteiger partial charge in [-0.25, -0.2) is 18.4 Å². The van der Waals surface area contributed by atoms with Crippen LogP contribution in [0.2, 0.25) is 0 Å². The average molecular weight is 429 g/mol. The van der Waals surface area contributed by atoms with E-state index in [4.69, 9.17) is 11.5 Å². The molecule has 0 bridgehead atoms. The molecule has 0 atom stereocenters. The van der Waals surface area contributed by atoms with Crippen LogP contribution in [0, 0.1) is 0 Å². The number of anilines is 3. The number of nitrogens with one attached hydrogen (secondary N) is 2. The number of nitrogens with zero attached hydrogens (tertiary/aromatic N) is 2. The Morgan fingerprint density at radius 2 is 2.04 bits per heavy atom. The number of carbonyl (C=O) groups is 1. The Bertz CT molecular complexity index is 903. The lowest BCUT2D eigenvalue weighted by molar-refractivity contribution is 0.100. The quantitative estimate of drug-likeness (QED) is 0.506. The number of pyridine rings is 2. The number of sulfone groups is 1. The van der Waals surface area contributed by atoms with Crippen molar-refractivity contribution in [1.82, 2.24) is 9.97 Å². The Kier molecular flexibility index (Phi) is 5.93. The molecule has 2 heterocycles. The third-order valence-electron chi connectivity index (χ3n) is 3.05. The fourth-order valence-corrected chi connectivity index (χ4v) is 3.73. The summed E-state index contributed by atoms with van der Waals surface area (Å²) in [6, 6.07) is 4.68. The number of nitrogens with two attached hydrogens (primary N) is 2. The molecule has 0 aromatic carbocycles. The molecule has 0 fully saturated rings. The molecule has 11 heteroatoms. The third kappa shape index (κ3) is 4.87. The largest absolute Gasteiger partial charge is 0.369 e. The molecule has 2 rings (SSSR count). The van der Waals surface area contributed by atoms with Gasteiger partial charge in [-0.2, -0.15) is 0 Å². The highest BCUT2D eigenvalue weighted by molar-refractivity contribution is 9.10. The first-order chi connectivity index (χ1) is 11.7. The molecule has 0 aliphatic carbocycles. The first-order valence-electron chi connectivity index (χ1n) is 7.10. The van der Waals surface area contributed by atoms with Crippen LogP contribution in [0.15, 0.2) is 33.9 Å². The Balaban J connectivity index is 2.43. The summed E-state index contributed by atoms with van der Waals surface area (Å²) in [5.41, 5.74) is 11.3. The van der Waals surface area contributed by atoms with E-state index in [0.717, 1.165) is 6.26 Å². The van der Waals surface area contributed by atoms with Gasteiger partial charge in [0.2, 0.25) is 0 Å². The Morgan fingerprint density at radius 1 is 1.32 bits per heavy atom. The van der Waals surface area contributed by atoms with Crippen LogP contribution in [0.25, 0.3) is 0 Å². The van der Waals surface area contributed by atoms with Crippen LogP contribution in [-0.2, 0) is 9.84 Å². The van der Waals surface area contributed by atoms with Gasteiger partial charge in [-0.3, -0.25) is 4.79 Å². The third-order valence-corrected chi connectivity index (χ3v) is 4.96. The molecule has 134 valence electrons. The summed E-state index contributed by atoms with van der Waals surface area (Å²) in [5.74, 6) is 0.0429. The van der Waals surface area contributed by atoms with Crippen LogP contribution in [0.4, 0.5) is 17.3 Å². The van der Waals surface area contributed by atoms with Crippen LogP contribution in [0.3, 0.4) is 0 Å². The molecule has 0 spiro atoms. The van der Waals surface area contributed by atoms with E-state index in [0.29, 0.717) is 29.1 Å². The van der Waals surface area contributed by atoms with Crippen LogP contribution in [0.5, 0.6) is 0 Å². The molecule has 0 aliphatic heterocycles. The minimum Gasteiger partial charge on any atom is -0.369 e. The highest BCUT2D eigenvalue weighted by Gasteiger charge is 2.16. The van der Waals surface area contributed by atoms with Crippen molar-refractivity contribution in [2.45, 2.75) is 5.03 Å². The van der Waals surface area contributed by atoms with E-state index in [-0.39, 0.29) is 16.4 Å². The van der Waals surface area contributed by atoms with E-state index in [9.17, 15) is 13.2 Å². The molecule has 0 radical (unpaired) electrons. The zero-order chi connectivity index (χ0) is 18.6. The zero-order valence-electron chi connectivity index (χ0n) is 13.3. The summed E-state index contributed by atoms with van der Waals surface area (Å²) in [6.07, 6.45) is 2.37. The van der Waals surface area contributed by atoms with Crippen molar-refractivity contribution in [2.24, 2.45) is 11.5 Å². The van der Waals surface area contributed by atoms with E-state index in [1.165, 1.54) is 6.20 Å². The highest BCUT2D eigenvalue weighted by Crippen LogP contribution is 2.26. The Morgan fingerprint density at radius 3 is 2.64 bits per heavy atom. The SMILES string of the molecule is CS(=O)(=O)c1nc(Nc2cc(NCCN)ncc2C(N)=O)ccc1Br. The van der Waals surface area contributed by atoms with Gasteiger partial charge in [0.15, 0.2) is 14.9 Å². The van der Waals surface area contributed by atoms with Gasteiger partial charge >= 0.3 is 0 Å². The van der Waals surface area contributed by atoms with Crippen LogP contribution < -0.4 is 22.1 Å². The van der Waals surface area contributed by atoms with Crippen molar-refractivity contribution in [3.8, 4) is 0 Å². The Hall–Kier alpha value is -2.24. The number of aromatic nitrogens is 2. The number of amides is 1. The number of carbonyl (C=O) groups excluding carboxylic acids is 1. The minimum atomic E-state index is -3.52. The first-order valence-corrected chi connectivity index (χ1v) is 9.78. The molecule has 0 unspecified atom stereocenters. The van der Waals surface area contributed by atoms with Gasteiger partial charge in [-0.1, -0.05) is 0 Å². The van der Waals surface area contributed by atoms with Crippen LogP contribution in [0.1, 0.15) is 10.4 Å². The highest BCUT2D eigenvalue weighted by atomic mass is 79.9. The van der Waals surface area contributed by atoms with Gasteiger partial charge in [0.05, 0.1) is 15.7 Å². The smallest absolute Gasteiger partial charge is 0.252 e. The van der Waals surface area contributed by atoms with Gasteiger partial charge in [-0.05, 0) is 28.1 Å². The number of primary amides is 1. The summed E-state index contributed by atoms with van der Waals surface area (Å²) in [5, 5.41) is 5.76. The fourth-order valence-electron chi connectivity index (χ4n) is 1.94. The number of rotatable bonds is 7. The lowest BCUT2D eigenvalue weighted by Gasteiger charge is -2.13. The Labute approximate surface area is 153 Å². The molecule has 6 N–H and O–H groups in total. The van der Waals surface area contributed by atoms with Crippen molar-refractivity contribution in [3.05, 3.63) is 34.4 Å². The maximum Gasteiger partial charge on any atom is 0.252 e. The molecule has 0 saturated carbocycles. The predicted octanol–water partition coefficient (Wildman–Crippen LogP) is 0.856. The lowest BCUT2D eigenvalue weighted by atomic mass is 10.2. The van der Waals surface area contributed by atoms with Gasteiger partial charge in [0.1, 0.15) is 11.6 Å². The van der Waals surface area contributed by atoms with Gasteiger partial charge in [0, 0.05) is 31.6 Å². The molecule has 2 aromatic rings. The predicted molar refractivity (Wildman–Crippen MR) is 98.6 cm³/mol. The molecule has 2 aromatic heterocycles. The lowest BCUT2D eigenvalue weighted by Crippen LogP contribution is -2.17. The fraction of sp³-hybridized carbons (Fsp3) is 0.214. The van der Waals surface area contributed by atoms with E-state index >= 15 is 0 Å². The molecule has 25 heavy (non-hydrogen) atoms. The summed E-state index contributed by atoms with van der Waals surface area (Å²) >= 11 is 3.15. The average Bonchev–Trinajstić information content (AvgIpc) is 2.53. The standard InChI is InChI=1S/C14H17BrN6O3S/c1-25(23,24)14-9(15)2-3-11(21-14)20-10-6-12(18-5-4-16)19-7-8(10)13(17)22/h2-3,6-7H,4-5,16H2,1H3,(H2,17,22)(H2,18,19,20,21). The number of hydrogen-bond acceptors (Lipinski definition) is 8. The minimum absolute atomic E-state index is 0.117. The van der Waals surface area contributed by atoms with Crippen molar-refractivity contribution in [1.29, 1.82) is 0 Å². The number of halogens is 1. The summed E-state index contributed by atoms with van der Waals surface area (Å²) in [6.45, 7) is 0.908. The number of hydrogen-bond donors (Lipinski definition) is 4. The van der Waals surface area contributed by atoms with E-state index in [1.54, 1.807) is 18.2 Å². The summed E-state index contributed by atoms with van der Waals surface area (Å²) < 4.78 is 23.9. The molecule has 0 aliphatic rings. The molecular formula is C14H17BrN6O3S. The maximum atomic E-state index is 11.8.